The summed E-state index contributed by atoms with van der Waals surface area (Å²) in [5.74, 6) is 0.192. The van der Waals surface area contributed by atoms with E-state index in [-0.39, 0.29) is 5.78 Å². The molecule has 1 aliphatic carbocycles. The molecule has 3 heteroatoms. The molecule has 2 rings (SSSR count). The van der Waals surface area contributed by atoms with Gasteiger partial charge in [0.1, 0.15) is 0 Å². The fraction of sp³-hybridized carbons (Fsp3) is 0.222. The number of carbonyl (C=O) groups is 2. The molecule has 0 saturated heterocycles. The van der Waals surface area contributed by atoms with Crippen LogP contribution in [0.1, 0.15) is 42.6 Å². The van der Waals surface area contributed by atoms with Gasteiger partial charge >= 0.3 is 0 Å². The van der Waals surface area contributed by atoms with E-state index in [0.717, 1.165) is 22.3 Å². The van der Waals surface area contributed by atoms with E-state index in [9.17, 15) is 9.59 Å². The van der Waals surface area contributed by atoms with Crippen LogP contribution in [0.2, 0.25) is 0 Å². The summed E-state index contributed by atoms with van der Waals surface area (Å²) in [7, 11) is 0. The first kappa shape index (κ1) is 15.5. The molecule has 21 heavy (non-hydrogen) atoms. The van der Waals surface area contributed by atoms with Crippen molar-refractivity contribution in [2.45, 2.75) is 26.7 Å². The second-order valence-corrected chi connectivity index (χ2v) is 5.34. The number of carbonyl (C=O) groups excluding carboxylic acids is 2. The van der Waals surface area contributed by atoms with E-state index < -0.39 is 5.24 Å². The van der Waals surface area contributed by atoms with Crippen molar-refractivity contribution in [1.82, 2.24) is 0 Å². The molecular formula is C18H17ClO2. The van der Waals surface area contributed by atoms with Crippen molar-refractivity contribution in [2.24, 2.45) is 0 Å². The van der Waals surface area contributed by atoms with Crippen LogP contribution in [0.15, 0.2) is 53.6 Å². The number of hydrogen-bond acceptors (Lipinski definition) is 2. The second-order valence-electron chi connectivity index (χ2n) is 5.00. The fourth-order valence-electron chi connectivity index (χ4n) is 2.35. The molecule has 0 heterocycles. The number of benzene rings is 1. The van der Waals surface area contributed by atoms with Crippen molar-refractivity contribution < 1.29 is 9.59 Å². The lowest BCUT2D eigenvalue weighted by molar-refractivity contribution is -0.115. The van der Waals surface area contributed by atoms with E-state index in [0.29, 0.717) is 18.4 Å². The molecule has 0 amide bonds. The lowest BCUT2D eigenvalue weighted by Crippen LogP contribution is -2.01. The van der Waals surface area contributed by atoms with E-state index in [1.807, 2.05) is 44.2 Å². The van der Waals surface area contributed by atoms with Gasteiger partial charge in [0.25, 0.3) is 5.24 Å². The number of halogens is 1. The van der Waals surface area contributed by atoms with Crippen LogP contribution in [0, 0.1) is 0 Å². The average molecular weight is 301 g/mol. The van der Waals surface area contributed by atoms with Gasteiger partial charge in [-0.1, -0.05) is 37.3 Å². The average Bonchev–Trinajstić information content (AvgIpc) is 2.68. The van der Waals surface area contributed by atoms with Crippen LogP contribution in [0.4, 0.5) is 0 Å². The minimum Gasteiger partial charge on any atom is -0.295 e. The van der Waals surface area contributed by atoms with Crippen LogP contribution in [0.5, 0.6) is 0 Å². The second kappa shape index (κ2) is 6.68. The Morgan fingerprint density at radius 2 is 1.86 bits per heavy atom. The van der Waals surface area contributed by atoms with Crippen molar-refractivity contribution in [1.29, 1.82) is 0 Å². The molecule has 0 saturated carbocycles. The van der Waals surface area contributed by atoms with Crippen molar-refractivity contribution in [2.75, 3.05) is 0 Å². The normalized spacial score (nSPS) is 14.7. The topological polar surface area (TPSA) is 34.1 Å². The summed E-state index contributed by atoms with van der Waals surface area (Å²) in [6.45, 7) is 3.84. The van der Waals surface area contributed by atoms with Crippen LogP contribution >= 0.6 is 11.6 Å². The Bertz CT molecular complexity index is 661. The van der Waals surface area contributed by atoms with E-state index in [1.165, 1.54) is 0 Å². The Labute approximate surface area is 129 Å². The standard InChI is InChI=1S/C18H17ClO2/c1-3-17(20)16-6-4-5-15(11-12(16)2)13-7-9-14(10-8-13)18(19)21/h4-5,7-11H,3,6H2,1-2H3. The van der Waals surface area contributed by atoms with Crippen LogP contribution in [0.25, 0.3) is 5.57 Å². The molecule has 0 unspecified atom stereocenters. The Morgan fingerprint density at radius 3 is 2.43 bits per heavy atom. The molecule has 0 N–H and O–H groups in total. The number of allylic oxidation sites excluding steroid dienone is 6. The maximum Gasteiger partial charge on any atom is 0.252 e. The molecule has 0 radical (unpaired) electrons. The zero-order valence-corrected chi connectivity index (χ0v) is 12.9. The Hall–Kier alpha value is -1.93. The molecule has 1 aromatic carbocycles. The summed E-state index contributed by atoms with van der Waals surface area (Å²) >= 11 is 5.45. The fourth-order valence-corrected chi connectivity index (χ4v) is 2.48. The largest absolute Gasteiger partial charge is 0.295 e. The van der Waals surface area contributed by atoms with Gasteiger partial charge in [0, 0.05) is 17.6 Å². The number of ketones is 1. The molecule has 0 fully saturated rings. The van der Waals surface area contributed by atoms with E-state index in [4.69, 9.17) is 11.6 Å². The highest BCUT2D eigenvalue weighted by molar-refractivity contribution is 6.67. The minimum atomic E-state index is -0.459. The van der Waals surface area contributed by atoms with Gasteiger partial charge in [-0.2, -0.15) is 0 Å². The lowest BCUT2D eigenvalue weighted by atomic mass is 9.99. The first-order valence-electron chi connectivity index (χ1n) is 6.94. The third-order valence-electron chi connectivity index (χ3n) is 3.57. The van der Waals surface area contributed by atoms with Crippen molar-refractivity contribution in [3.8, 4) is 0 Å². The Kier molecular flexibility index (Phi) is 4.92. The summed E-state index contributed by atoms with van der Waals surface area (Å²) in [6, 6.07) is 7.15. The summed E-state index contributed by atoms with van der Waals surface area (Å²) in [6.07, 6.45) is 7.22. The molecule has 0 atom stereocenters. The van der Waals surface area contributed by atoms with Crippen LogP contribution in [-0.2, 0) is 4.79 Å². The lowest BCUT2D eigenvalue weighted by Gasteiger charge is -2.05. The number of Topliss-reactive ketones (excluding diaryl/α,β-unsaturated/α-hetero) is 1. The quantitative estimate of drug-likeness (QED) is 0.755. The summed E-state index contributed by atoms with van der Waals surface area (Å²) in [4.78, 5) is 23.0. The predicted octanol–water partition coefficient (Wildman–Crippen LogP) is 4.70. The first-order valence-corrected chi connectivity index (χ1v) is 7.32. The number of hydrogen-bond donors (Lipinski definition) is 0. The zero-order valence-electron chi connectivity index (χ0n) is 12.2. The molecule has 1 aromatic rings. The van der Waals surface area contributed by atoms with Gasteiger partial charge < -0.3 is 0 Å². The summed E-state index contributed by atoms with van der Waals surface area (Å²) in [5.41, 5.74) is 4.38. The molecule has 0 aliphatic heterocycles. The number of rotatable bonds is 4. The summed E-state index contributed by atoms with van der Waals surface area (Å²) in [5, 5.41) is -0.459. The highest BCUT2D eigenvalue weighted by Gasteiger charge is 2.12. The van der Waals surface area contributed by atoms with Crippen molar-refractivity contribution >= 4 is 28.2 Å². The molecule has 0 aromatic heterocycles. The van der Waals surface area contributed by atoms with Gasteiger partial charge in [-0.05, 0) is 53.8 Å². The molecule has 1 aliphatic rings. The molecule has 0 spiro atoms. The van der Waals surface area contributed by atoms with Crippen molar-refractivity contribution in [3.63, 3.8) is 0 Å². The Balaban J connectivity index is 2.38. The van der Waals surface area contributed by atoms with Crippen LogP contribution in [0.3, 0.4) is 0 Å². The van der Waals surface area contributed by atoms with Gasteiger partial charge in [-0.3, -0.25) is 9.59 Å². The maximum absolute atomic E-state index is 11.9. The third-order valence-corrected chi connectivity index (χ3v) is 3.79. The zero-order chi connectivity index (χ0) is 15.4. The van der Waals surface area contributed by atoms with Gasteiger partial charge in [0.15, 0.2) is 5.78 Å². The van der Waals surface area contributed by atoms with E-state index in [2.05, 4.69) is 0 Å². The van der Waals surface area contributed by atoms with E-state index >= 15 is 0 Å². The molecule has 2 nitrogen and oxygen atoms in total. The minimum absolute atomic E-state index is 0.192. The molecule has 0 bridgehead atoms. The van der Waals surface area contributed by atoms with Gasteiger partial charge in [-0.25, -0.2) is 0 Å². The van der Waals surface area contributed by atoms with Gasteiger partial charge in [0.2, 0.25) is 0 Å². The highest BCUT2D eigenvalue weighted by atomic mass is 35.5. The molecular weight excluding hydrogens is 284 g/mol. The van der Waals surface area contributed by atoms with Gasteiger partial charge in [0.05, 0.1) is 0 Å². The van der Waals surface area contributed by atoms with Crippen LogP contribution in [-0.4, -0.2) is 11.0 Å². The van der Waals surface area contributed by atoms with E-state index in [1.54, 1.807) is 12.1 Å². The Morgan fingerprint density at radius 1 is 1.19 bits per heavy atom. The SMILES string of the molecule is CCC(=O)C1=C(C)C=C(c2ccc(C(=O)Cl)cc2)C=CC1. The highest BCUT2D eigenvalue weighted by Crippen LogP contribution is 2.25. The van der Waals surface area contributed by atoms with Gasteiger partial charge in [-0.15, -0.1) is 0 Å². The third kappa shape index (κ3) is 3.59. The monoisotopic (exact) mass is 300 g/mol. The first-order chi connectivity index (χ1) is 10.0. The smallest absolute Gasteiger partial charge is 0.252 e. The van der Waals surface area contributed by atoms with Crippen molar-refractivity contribution in [3.05, 3.63) is 64.8 Å². The molecule has 108 valence electrons. The summed E-state index contributed by atoms with van der Waals surface area (Å²) < 4.78 is 0. The maximum atomic E-state index is 11.9. The predicted molar refractivity (Wildman–Crippen MR) is 86.4 cm³/mol. The van der Waals surface area contributed by atoms with Crippen LogP contribution < -0.4 is 0 Å².